The molecular formula is C56H32N10. The summed E-state index contributed by atoms with van der Waals surface area (Å²) >= 11 is 0. The number of pyridine rings is 5. The fourth-order valence-corrected chi connectivity index (χ4v) is 10.5. The molecule has 0 spiro atoms. The summed E-state index contributed by atoms with van der Waals surface area (Å²) in [5, 5.41) is 18.7. The standard InChI is InChI=1S/C56H32N10/c57-29-34-17-19-35(20-18-34)52-53(63-44-13-5-1-9-36(44)40-21-25-59-31-49(40)63)55(65-47-16-8-4-12-39(47)43-30-58-28-24-48(43)65)62-56(66-46-15-7-3-11-38(46)42-23-27-61-33-51(42)66)54(52)64-45-14-6-2-10-37(45)41-22-26-60-32-50(41)64/h1-28,30-33H. The Morgan fingerprint density at radius 2 is 0.697 bits per heavy atom. The predicted molar refractivity (Wildman–Crippen MR) is 263 cm³/mol. The Kier molecular flexibility index (Phi) is 7.52. The lowest BCUT2D eigenvalue weighted by atomic mass is 9.99. The SMILES string of the molecule is N#Cc1ccc(-c2c(-n3c4ccccc4c4ccncc43)c(-n3c4ccccc4c4cnccc43)nc(-n3c4ccccc4c4ccncc43)c2-n2c3ccccc3c3ccncc32)cc1. The average molecular weight is 845 g/mol. The normalized spacial score (nSPS) is 11.9. The Morgan fingerprint density at radius 1 is 0.333 bits per heavy atom. The monoisotopic (exact) mass is 844 g/mol. The van der Waals surface area contributed by atoms with E-state index in [2.05, 4.69) is 163 Å². The van der Waals surface area contributed by atoms with Gasteiger partial charge in [0, 0.05) is 79.6 Å². The van der Waals surface area contributed by atoms with E-state index in [-0.39, 0.29) is 0 Å². The quantitative estimate of drug-likeness (QED) is 0.171. The highest BCUT2D eigenvalue weighted by atomic mass is 15.2. The minimum Gasteiger partial charge on any atom is -0.304 e. The molecule has 0 fully saturated rings. The lowest BCUT2D eigenvalue weighted by Gasteiger charge is -2.26. The van der Waals surface area contributed by atoms with Crippen molar-refractivity contribution in [2.24, 2.45) is 0 Å². The molecule has 14 aromatic rings. The van der Waals surface area contributed by atoms with Crippen LogP contribution in [0.3, 0.4) is 0 Å². The summed E-state index contributed by atoms with van der Waals surface area (Å²) in [6, 6.07) is 52.6. The lowest BCUT2D eigenvalue weighted by Crippen LogP contribution is -2.16. The molecule has 10 heteroatoms. The molecule has 0 atom stereocenters. The molecule has 0 saturated carbocycles. The summed E-state index contributed by atoms with van der Waals surface area (Å²) < 4.78 is 9.23. The number of benzene rings is 5. The molecule has 0 aliphatic heterocycles. The van der Waals surface area contributed by atoms with Crippen LogP contribution < -0.4 is 0 Å². The highest BCUT2D eigenvalue weighted by Gasteiger charge is 2.32. The maximum Gasteiger partial charge on any atom is 0.165 e. The topological polar surface area (TPSA) is 108 Å². The van der Waals surface area contributed by atoms with Crippen molar-refractivity contribution < 1.29 is 0 Å². The van der Waals surface area contributed by atoms with Gasteiger partial charge in [0.1, 0.15) is 11.4 Å². The van der Waals surface area contributed by atoms with Crippen molar-refractivity contribution in [1.82, 2.24) is 43.2 Å². The number of hydrogen-bond acceptors (Lipinski definition) is 6. The van der Waals surface area contributed by atoms with Crippen molar-refractivity contribution in [2.45, 2.75) is 0 Å². The Morgan fingerprint density at radius 3 is 1.18 bits per heavy atom. The van der Waals surface area contributed by atoms with Crippen LogP contribution in [0.2, 0.25) is 0 Å². The summed E-state index contributed by atoms with van der Waals surface area (Å²) in [7, 11) is 0. The predicted octanol–water partition coefficient (Wildman–Crippen LogP) is 12.6. The maximum absolute atomic E-state index is 10.2. The molecule has 0 aliphatic carbocycles. The van der Waals surface area contributed by atoms with Crippen LogP contribution in [0.5, 0.6) is 0 Å². The molecule has 10 nitrogen and oxygen atoms in total. The first-order valence-electron chi connectivity index (χ1n) is 21.7. The van der Waals surface area contributed by atoms with E-state index in [1.165, 1.54) is 0 Å². The van der Waals surface area contributed by atoms with Crippen LogP contribution in [0.1, 0.15) is 5.56 Å². The largest absolute Gasteiger partial charge is 0.304 e. The average Bonchev–Trinajstić information content (AvgIpc) is 4.11. The number of rotatable bonds is 5. The summed E-state index contributed by atoms with van der Waals surface area (Å²) in [6.07, 6.45) is 15.2. The van der Waals surface area contributed by atoms with Crippen LogP contribution in [0.15, 0.2) is 195 Å². The lowest BCUT2D eigenvalue weighted by molar-refractivity contribution is 0.958. The third kappa shape index (κ3) is 4.90. The van der Waals surface area contributed by atoms with Gasteiger partial charge in [0.2, 0.25) is 0 Å². The summed E-state index contributed by atoms with van der Waals surface area (Å²) in [5.41, 5.74) is 11.6. The molecule has 0 saturated heterocycles. The van der Waals surface area contributed by atoms with Crippen LogP contribution in [0.25, 0.3) is 121 Å². The Labute approximate surface area is 375 Å². The fraction of sp³-hybridized carbons (Fsp3) is 0. The van der Waals surface area contributed by atoms with Gasteiger partial charge in [-0.15, -0.1) is 0 Å². The van der Waals surface area contributed by atoms with E-state index in [0.717, 1.165) is 110 Å². The molecule has 306 valence electrons. The fourth-order valence-electron chi connectivity index (χ4n) is 10.5. The van der Waals surface area contributed by atoms with Gasteiger partial charge in [0.25, 0.3) is 0 Å². The van der Waals surface area contributed by atoms with E-state index in [1.54, 1.807) is 0 Å². The smallest absolute Gasteiger partial charge is 0.165 e. The molecule has 0 amide bonds. The molecule has 0 unspecified atom stereocenters. The van der Waals surface area contributed by atoms with Crippen molar-refractivity contribution in [3.05, 3.63) is 201 Å². The van der Waals surface area contributed by atoms with E-state index in [4.69, 9.17) is 19.9 Å². The molecule has 0 aliphatic rings. The second-order valence-corrected chi connectivity index (χ2v) is 16.5. The maximum atomic E-state index is 10.2. The number of aromatic nitrogens is 9. The first kappa shape index (κ1) is 36.1. The van der Waals surface area contributed by atoms with E-state index in [0.29, 0.717) is 17.2 Å². The van der Waals surface area contributed by atoms with Crippen molar-refractivity contribution >= 4 is 87.2 Å². The zero-order valence-electron chi connectivity index (χ0n) is 34.9. The van der Waals surface area contributed by atoms with E-state index in [1.807, 2.05) is 61.7 Å². The van der Waals surface area contributed by atoms with Gasteiger partial charge in [0.05, 0.1) is 74.4 Å². The van der Waals surface area contributed by atoms with Crippen LogP contribution in [0, 0.1) is 11.3 Å². The van der Waals surface area contributed by atoms with Crippen molar-refractivity contribution in [3.63, 3.8) is 0 Å². The Bertz CT molecular complexity index is 3910. The van der Waals surface area contributed by atoms with Crippen molar-refractivity contribution in [2.75, 3.05) is 0 Å². The van der Waals surface area contributed by atoms with Gasteiger partial charge in [-0.2, -0.15) is 5.26 Å². The van der Waals surface area contributed by atoms with Gasteiger partial charge >= 0.3 is 0 Å². The van der Waals surface area contributed by atoms with Crippen LogP contribution in [-0.4, -0.2) is 43.2 Å². The van der Waals surface area contributed by atoms with Crippen LogP contribution in [-0.2, 0) is 0 Å². The van der Waals surface area contributed by atoms with Crippen LogP contribution in [0.4, 0.5) is 0 Å². The second kappa shape index (κ2) is 13.8. The molecule has 5 aromatic carbocycles. The number of nitrogens with zero attached hydrogens (tertiary/aromatic N) is 10. The molecule has 14 rings (SSSR count). The van der Waals surface area contributed by atoms with Gasteiger partial charge < -0.3 is 9.13 Å². The van der Waals surface area contributed by atoms with Crippen LogP contribution >= 0.6 is 0 Å². The van der Waals surface area contributed by atoms with E-state index >= 15 is 0 Å². The van der Waals surface area contributed by atoms with Gasteiger partial charge in [-0.1, -0.05) is 84.9 Å². The summed E-state index contributed by atoms with van der Waals surface area (Å²) in [5.74, 6) is 1.36. The highest BCUT2D eigenvalue weighted by molar-refractivity contribution is 6.15. The zero-order valence-corrected chi connectivity index (χ0v) is 34.9. The number of hydrogen-bond donors (Lipinski definition) is 0. The highest BCUT2D eigenvalue weighted by Crippen LogP contribution is 2.48. The molecule has 9 heterocycles. The first-order valence-corrected chi connectivity index (χ1v) is 21.7. The first-order chi connectivity index (χ1) is 32.8. The van der Waals surface area contributed by atoms with Gasteiger partial charge in [-0.05, 0) is 66.2 Å². The minimum atomic E-state index is 0.557. The number of para-hydroxylation sites is 4. The molecule has 66 heavy (non-hydrogen) atoms. The molecule has 9 aromatic heterocycles. The molecular weight excluding hydrogens is 813 g/mol. The van der Waals surface area contributed by atoms with E-state index < -0.39 is 0 Å². The van der Waals surface area contributed by atoms with Crippen molar-refractivity contribution in [3.8, 4) is 40.2 Å². The molecule has 0 radical (unpaired) electrons. The van der Waals surface area contributed by atoms with Gasteiger partial charge in [-0.3, -0.25) is 29.1 Å². The third-order valence-electron chi connectivity index (χ3n) is 13.2. The Hall–Kier alpha value is -9.46. The summed E-state index contributed by atoms with van der Waals surface area (Å²) in [6.45, 7) is 0. The molecule has 0 bridgehead atoms. The Balaban J connectivity index is 1.33. The van der Waals surface area contributed by atoms with Gasteiger partial charge in [0.15, 0.2) is 11.6 Å². The number of fused-ring (bicyclic) bond motifs is 12. The zero-order chi connectivity index (χ0) is 43.5. The van der Waals surface area contributed by atoms with Gasteiger partial charge in [-0.25, -0.2) is 4.98 Å². The second-order valence-electron chi connectivity index (χ2n) is 16.5. The minimum absolute atomic E-state index is 0.557. The summed E-state index contributed by atoms with van der Waals surface area (Å²) in [4.78, 5) is 25.1. The third-order valence-corrected chi connectivity index (χ3v) is 13.2. The molecule has 0 N–H and O–H groups in total. The van der Waals surface area contributed by atoms with Crippen molar-refractivity contribution in [1.29, 1.82) is 5.26 Å². The number of nitriles is 1. The van der Waals surface area contributed by atoms with E-state index in [9.17, 15) is 5.26 Å².